The van der Waals surface area contributed by atoms with Gasteiger partial charge in [-0.15, -0.1) is 0 Å². The van der Waals surface area contributed by atoms with Crippen molar-refractivity contribution in [2.75, 3.05) is 11.1 Å². The molecule has 0 unspecified atom stereocenters. The van der Waals surface area contributed by atoms with Crippen LogP contribution in [0.2, 0.25) is 0 Å². The molecule has 0 saturated carbocycles. The van der Waals surface area contributed by atoms with E-state index in [9.17, 15) is 0 Å². The van der Waals surface area contributed by atoms with Crippen LogP contribution < -0.4 is 16.8 Å². The van der Waals surface area contributed by atoms with Gasteiger partial charge in [0.05, 0.1) is 0 Å². The van der Waals surface area contributed by atoms with Gasteiger partial charge in [0.1, 0.15) is 0 Å². The van der Waals surface area contributed by atoms with Crippen molar-refractivity contribution in [3.8, 4) is 0 Å². The van der Waals surface area contributed by atoms with Crippen molar-refractivity contribution in [3.63, 3.8) is 0 Å². The summed E-state index contributed by atoms with van der Waals surface area (Å²) in [7, 11) is 0. The fraction of sp³-hybridized carbons (Fsp3) is 0.455. The Morgan fingerprint density at radius 3 is 2.43 bits per heavy atom. The molecule has 14 heavy (non-hydrogen) atoms. The average Bonchev–Trinajstić information content (AvgIpc) is 2.06. The fourth-order valence-corrected chi connectivity index (χ4v) is 1.29. The van der Waals surface area contributed by atoms with Gasteiger partial charge in [0.15, 0.2) is 0 Å². The van der Waals surface area contributed by atoms with Gasteiger partial charge in [-0.3, -0.25) is 0 Å². The molecule has 0 aliphatic heterocycles. The third-order valence-corrected chi connectivity index (χ3v) is 1.88. The summed E-state index contributed by atoms with van der Waals surface area (Å²) in [5, 5.41) is 3.37. The quantitative estimate of drug-likeness (QED) is 0.629. The van der Waals surface area contributed by atoms with Gasteiger partial charge in [-0.2, -0.15) is 0 Å². The molecule has 0 heterocycles. The molecule has 0 fully saturated rings. The van der Waals surface area contributed by atoms with Crippen molar-refractivity contribution in [1.29, 1.82) is 0 Å². The number of nitrogens with two attached hydrogens (primary N) is 2. The molecule has 0 amide bonds. The minimum Gasteiger partial charge on any atom is -0.398 e. The van der Waals surface area contributed by atoms with E-state index in [-0.39, 0.29) is 5.54 Å². The first kappa shape index (κ1) is 10.9. The summed E-state index contributed by atoms with van der Waals surface area (Å²) in [6, 6.07) is 5.86. The van der Waals surface area contributed by atoms with Gasteiger partial charge in [0, 0.05) is 23.5 Å². The summed E-state index contributed by atoms with van der Waals surface area (Å²) in [5.74, 6) is 0. The number of nitrogen functional groups attached to an aromatic ring is 1. The Morgan fingerprint density at radius 1 is 1.29 bits per heavy atom. The van der Waals surface area contributed by atoms with Crippen molar-refractivity contribution in [1.82, 2.24) is 0 Å². The van der Waals surface area contributed by atoms with E-state index in [4.69, 9.17) is 11.5 Å². The maximum atomic E-state index is 5.76. The van der Waals surface area contributed by atoms with Crippen LogP contribution in [0.25, 0.3) is 0 Å². The molecule has 78 valence electrons. The zero-order valence-corrected chi connectivity index (χ0v) is 9.09. The van der Waals surface area contributed by atoms with E-state index in [0.717, 1.165) is 16.9 Å². The van der Waals surface area contributed by atoms with Crippen LogP contribution in [0, 0.1) is 0 Å². The average molecular weight is 193 g/mol. The van der Waals surface area contributed by atoms with Gasteiger partial charge >= 0.3 is 0 Å². The highest BCUT2D eigenvalue weighted by atomic mass is 14.9. The lowest BCUT2D eigenvalue weighted by Gasteiger charge is -2.22. The second-order valence-electron chi connectivity index (χ2n) is 4.49. The number of benzene rings is 1. The van der Waals surface area contributed by atoms with Gasteiger partial charge in [-0.05, 0) is 44.5 Å². The first-order valence-electron chi connectivity index (χ1n) is 4.79. The van der Waals surface area contributed by atoms with Gasteiger partial charge in [-0.1, -0.05) is 0 Å². The Balaban J connectivity index is 2.90. The molecule has 3 heteroatoms. The van der Waals surface area contributed by atoms with E-state index in [1.54, 1.807) is 0 Å². The number of rotatable bonds is 2. The summed E-state index contributed by atoms with van der Waals surface area (Å²) >= 11 is 0. The Kier molecular flexibility index (Phi) is 3.01. The zero-order chi connectivity index (χ0) is 10.8. The van der Waals surface area contributed by atoms with E-state index in [1.807, 2.05) is 18.2 Å². The Bertz CT molecular complexity index is 313. The number of nitrogens with one attached hydrogen (secondary N) is 1. The van der Waals surface area contributed by atoms with E-state index < -0.39 is 0 Å². The highest BCUT2D eigenvalue weighted by Gasteiger charge is 2.09. The van der Waals surface area contributed by atoms with Crippen LogP contribution in [0.15, 0.2) is 18.2 Å². The lowest BCUT2D eigenvalue weighted by Crippen LogP contribution is -2.26. The minimum atomic E-state index is 0.0575. The third-order valence-electron chi connectivity index (χ3n) is 1.88. The molecule has 5 N–H and O–H groups in total. The topological polar surface area (TPSA) is 64.1 Å². The molecule has 0 spiro atoms. The molecule has 0 atom stereocenters. The fourth-order valence-electron chi connectivity index (χ4n) is 1.29. The van der Waals surface area contributed by atoms with Crippen LogP contribution >= 0.6 is 0 Å². The number of anilines is 2. The second-order valence-corrected chi connectivity index (χ2v) is 4.49. The molecule has 1 aromatic carbocycles. The summed E-state index contributed by atoms with van der Waals surface area (Å²) < 4.78 is 0. The van der Waals surface area contributed by atoms with Gasteiger partial charge in [0.25, 0.3) is 0 Å². The summed E-state index contributed by atoms with van der Waals surface area (Å²) in [5.41, 5.74) is 14.2. The smallest absolute Gasteiger partial charge is 0.0361 e. The predicted octanol–water partition coefficient (Wildman–Crippen LogP) is 1.94. The lowest BCUT2D eigenvalue weighted by molar-refractivity contribution is 0.634. The summed E-state index contributed by atoms with van der Waals surface area (Å²) in [6.07, 6.45) is 0. The van der Waals surface area contributed by atoms with Crippen LogP contribution in [0.5, 0.6) is 0 Å². The molecule has 0 radical (unpaired) electrons. The van der Waals surface area contributed by atoms with Gasteiger partial charge < -0.3 is 16.8 Å². The Labute approximate surface area is 85.5 Å². The van der Waals surface area contributed by atoms with Crippen molar-refractivity contribution in [2.24, 2.45) is 5.73 Å². The predicted molar refractivity (Wildman–Crippen MR) is 62.1 cm³/mol. The van der Waals surface area contributed by atoms with Crippen molar-refractivity contribution in [3.05, 3.63) is 23.8 Å². The molecular formula is C11H19N3. The molecule has 1 rings (SSSR count). The van der Waals surface area contributed by atoms with Crippen molar-refractivity contribution >= 4 is 11.4 Å². The van der Waals surface area contributed by atoms with E-state index in [0.29, 0.717) is 6.54 Å². The summed E-state index contributed by atoms with van der Waals surface area (Å²) in [6.45, 7) is 6.83. The highest BCUT2D eigenvalue weighted by Crippen LogP contribution is 2.20. The van der Waals surface area contributed by atoms with Crippen molar-refractivity contribution in [2.45, 2.75) is 32.9 Å². The number of hydrogen-bond donors (Lipinski definition) is 3. The second kappa shape index (κ2) is 3.88. The highest BCUT2D eigenvalue weighted by molar-refractivity contribution is 5.57. The maximum Gasteiger partial charge on any atom is 0.0361 e. The molecule has 0 bridgehead atoms. The Morgan fingerprint density at radius 2 is 1.93 bits per heavy atom. The largest absolute Gasteiger partial charge is 0.398 e. The monoisotopic (exact) mass is 193 g/mol. The van der Waals surface area contributed by atoms with Crippen LogP contribution in [0.1, 0.15) is 26.3 Å². The lowest BCUT2D eigenvalue weighted by atomic mass is 10.1. The molecule has 3 nitrogen and oxygen atoms in total. The first-order chi connectivity index (χ1) is 6.42. The third kappa shape index (κ3) is 2.92. The SMILES string of the molecule is CC(C)(C)Nc1ccc(N)c(CN)c1. The molecule has 1 aromatic rings. The molecule has 0 saturated heterocycles. The molecule has 0 aliphatic carbocycles. The van der Waals surface area contributed by atoms with Crippen molar-refractivity contribution < 1.29 is 0 Å². The Hall–Kier alpha value is -1.22. The van der Waals surface area contributed by atoms with Gasteiger partial charge in [0.2, 0.25) is 0 Å². The molecule has 0 aliphatic rings. The van der Waals surface area contributed by atoms with Crippen LogP contribution in [-0.4, -0.2) is 5.54 Å². The van der Waals surface area contributed by atoms with Crippen LogP contribution in [0.3, 0.4) is 0 Å². The normalized spacial score (nSPS) is 11.4. The molecule has 0 aromatic heterocycles. The van der Waals surface area contributed by atoms with E-state index in [2.05, 4.69) is 26.1 Å². The van der Waals surface area contributed by atoms with E-state index >= 15 is 0 Å². The van der Waals surface area contributed by atoms with E-state index in [1.165, 1.54) is 0 Å². The first-order valence-corrected chi connectivity index (χ1v) is 4.79. The van der Waals surface area contributed by atoms with Gasteiger partial charge in [-0.25, -0.2) is 0 Å². The van der Waals surface area contributed by atoms with Crippen LogP contribution in [-0.2, 0) is 6.54 Å². The standard InChI is InChI=1S/C11H19N3/c1-11(2,3)14-9-4-5-10(13)8(6-9)7-12/h4-6,14H,7,12-13H2,1-3H3. The molecular weight excluding hydrogens is 174 g/mol. The van der Waals surface area contributed by atoms with Crippen LogP contribution in [0.4, 0.5) is 11.4 Å². The maximum absolute atomic E-state index is 5.76. The summed E-state index contributed by atoms with van der Waals surface area (Å²) in [4.78, 5) is 0. The number of hydrogen-bond acceptors (Lipinski definition) is 3. The minimum absolute atomic E-state index is 0.0575. The zero-order valence-electron chi connectivity index (χ0n) is 9.09.